The smallest absolute Gasteiger partial charge is 0.150 e. The maximum Gasteiger partial charge on any atom is 0.150 e. The van der Waals surface area contributed by atoms with Gasteiger partial charge in [-0.25, -0.2) is 4.39 Å². The molecule has 0 fully saturated rings. The zero-order valence-corrected chi connectivity index (χ0v) is 8.91. The SMILES string of the molecule is Nc1cc(F)ccc1Oc1ccncc1Cl. The Labute approximate surface area is 96.6 Å². The maximum atomic E-state index is 12.8. The molecule has 16 heavy (non-hydrogen) atoms. The van der Waals surface area contributed by atoms with E-state index in [0.717, 1.165) is 0 Å². The summed E-state index contributed by atoms with van der Waals surface area (Å²) in [6, 6.07) is 5.50. The van der Waals surface area contributed by atoms with Crippen LogP contribution in [0.2, 0.25) is 5.02 Å². The third-order valence-corrected chi connectivity index (χ3v) is 2.21. The van der Waals surface area contributed by atoms with E-state index in [0.29, 0.717) is 16.5 Å². The quantitative estimate of drug-likeness (QED) is 0.817. The molecule has 0 aliphatic rings. The number of nitrogen functional groups attached to an aromatic ring is 1. The first kappa shape index (κ1) is 10.7. The number of rotatable bonds is 2. The van der Waals surface area contributed by atoms with Gasteiger partial charge in [0, 0.05) is 24.5 Å². The van der Waals surface area contributed by atoms with E-state index < -0.39 is 5.82 Å². The standard InChI is InChI=1S/C11H8ClFN2O/c12-8-6-15-4-3-10(8)16-11-2-1-7(13)5-9(11)14/h1-6H,14H2. The first-order valence-corrected chi connectivity index (χ1v) is 4.87. The van der Waals surface area contributed by atoms with Gasteiger partial charge in [-0.2, -0.15) is 0 Å². The number of hydrogen-bond acceptors (Lipinski definition) is 3. The lowest BCUT2D eigenvalue weighted by molar-refractivity contribution is 0.482. The van der Waals surface area contributed by atoms with Crippen molar-refractivity contribution in [1.82, 2.24) is 4.98 Å². The first-order valence-electron chi connectivity index (χ1n) is 4.49. The molecule has 0 atom stereocenters. The number of halogens is 2. The second-order valence-corrected chi connectivity index (χ2v) is 3.50. The molecule has 0 saturated carbocycles. The minimum absolute atomic E-state index is 0.216. The van der Waals surface area contributed by atoms with Crippen molar-refractivity contribution >= 4 is 17.3 Å². The van der Waals surface area contributed by atoms with Crippen LogP contribution in [0.15, 0.2) is 36.7 Å². The number of nitrogens with two attached hydrogens (primary N) is 1. The molecule has 0 aliphatic carbocycles. The first-order chi connectivity index (χ1) is 7.66. The molecule has 0 bridgehead atoms. The number of ether oxygens (including phenoxy) is 1. The summed E-state index contributed by atoms with van der Waals surface area (Å²) in [5.74, 6) is 0.371. The van der Waals surface area contributed by atoms with Gasteiger partial charge in [-0.1, -0.05) is 11.6 Å². The van der Waals surface area contributed by atoms with Gasteiger partial charge in [-0.05, 0) is 12.1 Å². The Bertz CT molecular complexity index is 519. The molecule has 1 aromatic carbocycles. The molecule has 0 saturated heterocycles. The fraction of sp³-hybridized carbons (Fsp3) is 0. The van der Waals surface area contributed by atoms with Gasteiger partial charge in [0.25, 0.3) is 0 Å². The highest BCUT2D eigenvalue weighted by Gasteiger charge is 2.06. The summed E-state index contributed by atoms with van der Waals surface area (Å²) < 4.78 is 18.2. The van der Waals surface area contributed by atoms with Crippen LogP contribution in [0.25, 0.3) is 0 Å². The van der Waals surface area contributed by atoms with Crippen molar-refractivity contribution in [1.29, 1.82) is 0 Å². The second-order valence-electron chi connectivity index (χ2n) is 3.09. The minimum atomic E-state index is -0.411. The molecule has 1 aromatic heterocycles. The minimum Gasteiger partial charge on any atom is -0.454 e. The van der Waals surface area contributed by atoms with Crippen LogP contribution in [-0.4, -0.2) is 4.98 Å². The van der Waals surface area contributed by atoms with Crippen LogP contribution in [-0.2, 0) is 0 Å². The van der Waals surface area contributed by atoms with Gasteiger partial charge in [0.05, 0.1) is 5.69 Å². The molecule has 2 rings (SSSR count). The largest absolute Gasteiger partial charge is 0.454 e. The third-order valence-electron chi connectivity index (χ3n) is 1.93. The summed E-state index contributed by atoms with van der Waals surface area (Å²) in [7, 11) is 0. The lowest BCUT2D eigenvalue weighted by Crippen LogP contribution is -1.93. The molecule has 0 unspecified atom stereocenters. The Kier molecular flexibility index (Phi) is 2.92. The second kappa shape index (κ2) is 4.37. The van der Waals surface area contributed by atoms with Crippen LogP contribution < -0.4 is 10.5 Å². The maximum absolute atomic E-state index is 12.8. The van der Waals surface area contributed by atoms with Crippen molar-refractivity contribution in [2.45, 2.75) is 0 Å². The Hall–Kier alpha value is -1.81. The Morgan fingerprint density at radius 1 is 1.25 bits per heavy atom. The van der Waals surface area contributed by atoms with Crippen LogP contribution >= 0.6 is 11.6 Å². The van der Waals surface area contributed by atoms with E-state index in [1.54, 1.807) is 12.3 Å². The molecule has 2 N–H and O–H groups in total. The topological polar surface area (TPSA) is 48.1 Å². The van der Waals surface area contributed by atoms with Crippen molar-refractivity contribution in [3.63, 3.8) is 0 Å². The van der Waals surface area contributed by atoms with E-state index in [1.807, 2.05) is 0 Å². The van der Waals surface area contributed by atoms with Crippen molar-refractivity contribution < 1.29 is 9.13 Å². The summed E-state index contributed by atoms with van der Waals surface area (Å²) in [5.41, 5.74) is 5.81. The van der Waals surface area contributed by atoms with E-state index >= 15 is 0 Å². The summed E-state index contributed by atoms with van der Waals surface area (Å²) in [6.45, 7) is 0. The average Bonchev–Trinajstić information content (AvgIpc) is 2.25. The number of aromatic nitrogens is 1. The van der Waals surface area contributed by atoms with Crippen molar-refractivity contribution in [3.8, 4) is 11.5 Å². The van der Waals surface area contributed by atoms with Crippen LogP contribution in [0.5, 0.6) is 11.5 Å². The Balaban J connectivity index is 2.31. The lowest BCUT2D eigenvalue weighted by atomic mass is 10.3. The fourth-order valence-corrected chi connectivity index (χ4v) is 1.33. The molecule has 2 aromatic rings. The molecule has 82 valence electrons. The zero-order chi connectivity index (χ0) is 11.5. The van der Waals surface area contributed by atoms with Crippen molar-refractivity contribution in [3.05, 3.63) is 47.5 Å². The molecule has 0 spiro atoms. The molecule has 0 radical (unpaired) electrons. The van der Waals surface area contributed by atoms with Gasteiger partial charge in [0.2, 0.25) is 0 Å². The molecule has 5 heteroatoms. The van der Waals surface area contributed by atoms with Gasteiger partial charge >= 0.3 is 0 Å². The fourth-order valence-electron chi connectivity index (χ4n) is 1.18. The third kappa shape index (κ3) is 2.23. The predicted molar refractivity (Wildman–Crippen MR) is 60.1 cm³/mol. The van der Waals surface area contributed by atoms with E-state index in [2.05, 4.69) is 4.98 Å². The lowest BCUT2D eigenvalue weighted by Gasteiger charge is -2.09. The zero-order valence-electron chi connectivity index (χ0n) is 8.15. The highest BCUT2D eigenvalue weighted by atomic mass is 35.5. The van der Waals surface area contributed by atoms with Crippen molar-refractivity contribution in [2.24, 2.45) is 0 Å². The number of hydrogen-bond donors (Lipinski definition) is 1. The van der Waals surface area contributed by atoms with Gasteiger partial charge < -0.3 is 10.5 Å². The van der Waals surface area contributed by atoms with Crippen LogP contribution in [0.4, 0.5) is 10.1 Å². The summed E-state index contributed by atoms with van der Waals surface area (Å²) in [5, 5.41) is 0.367. The van der Waals surface area contributed by atoms with Gasteiger partial charge in [0.15, 0.2) is 5.75 Å². The molecule has 0 aliphatic heterocycles. The molecule has 0 amide bonds. The molecule has 1 heterocycles. The van der Waals surface area contributed by atoms with Crippen LogP contribution in [0.3, 0.4) is 0 Å². The summed E-state index contributed by atoms with van der Waals surface area (Å²) >= 11 is 5.86. The predicted octanol–water partition coefficient (Wildman–Crippen LogP) is 3.25. The molecular weight excluding hydrogens is 231 g/mol. The van der Waals surface area contributed by atoms with Crippen molar-refractivity contribution in [2.75, 3.05) is 5.73 Å². The average molecular weight is 239 g/mol. The summed E-state index contributed by atoms with van der Waals surface area (Å²) in [6.07, 6.45) is 3.00. The number of pyridine rings is 1. The summed E-state index contributed by atoms with van der Waals surface area (Å²) in [4.78, 5) is 3.82. The highest BCUT2D eigenvalue weighted by Crippen LogP contribution is 2.31. The van der Waals surface area contributed by atoms with Crippen LogP contribution in [0.1, 0.15) is 0 Å². The van der Waals surface area contributed by atoms with E-state index in [1.165, 1.54) is 24.4 Å². The highest BCUT2D eigenvalue weighted by molar-refractivity contribution is 6.31. The number of anilines is 1. The Morgan fingerprint density at radius 2 is 2.06 bits per heavy atom. The van der Waals surface area contributed by atoms with Gasteiger partial charge in [-0.15, -0.1) is 0 Å². The number of benzene rings is 1. The normalized spacial score (nSPS) is 10.1. The van der Waals surface area contributed by atoms with Gasteiger partial charge in [0.1, 0.15) is 16.6 Å². The van der Waals surface area contributed by atoms with E-state index in [4.69, 9.17) is 22.1 Å². The van der Waals surface area contributed by atoms with E-state index in [-0.39, 0.29) is 5.69 Å². The molecule has 3 nitrogen and oxygen atoms in total. The van der Waals surface area contributed by atoms with E-state index in [9.17, 15) is 4.39 Å². The van der Waals surface area contributed by atoms with Crippen LogP contribution in [0, 0.1) is 5.82 Å². The monoisotopic (exact) mass is 238 g/mol. The van der Waals surface area contributed by atoms with Gasteiger partial charge in [-0.3, -0.25) is 4.98 Å². The number of nitrogens with zero attached hydrogens (tertiary/aromatic N) is 1. The molecular formula is C11H8ClFN2O. The Morgan fingerprint density at radius 3 is 2.75 bits per heavy atom.